The Morgan fingerprint density at radius 1 is 1.31 bits per heavy atom. The molecule has 16 heavy (non-hydrogen) atoms. The molecule has 0 rings (SSSR count). The molecular weight excluding hydrogens is 227 g/mol. The van der Waals surface area contributed by atoms with Crippen LogP contribution in [0.15, 0.2) is 0 Å². The lowest BCUT2D eigenvalue weighted by molar-refractivity contribution is -0.188. The third-order valence-corrected chi connectivity index (χ3v) is 1.66. The summed E-state index contributed by atoms with van der Waals surface area (Å²) in [5.41, 5.74) is 0. The van der Waals surface area contributed by atoms with Gasteiger partial charge < -0.3 is 10.1 Å². The van der Waals surface area contributed by atoms with Crippen molar-refractivity contribution in [2.24, 2.45) is 5.92 Å². The van der Waals surface area contributed by atoms with Crippen molar-refractivity contribution in [3.63, 3.8) is 0 Å². The largest absolute Gasteiger partial charge is 0.454 e. The maximum atomic E-state index is 11.8. The normalized spacial score (nSPS) is 13.4. The molecule has 0 spiro atoms. The summed E-state index contributed by atoms with van der Waals surface area (Å²) >= 11 is 0. The summed E-state index contributed by atoms with van der Waals surface area (Å²) in [6.07, 6.45) is -4.56. The van der Waals surface area contributed by atoms with Crippen LogP contribution in [0, 0.1) is 5.92 Å². The maximum absolute atomic E-state index is 11.8. The van der Waals surface area contributed by atoms with E-state index in [1.165, 1.54) is 6.92 Å². The Bertz CT molecular complexity index is 263. The van der Waals surface area contributed by atoms with Crippen molar-refractivity contribution in [2.75, 3.05) is 6.61 Å². The number of amides is 1. The van der Waals surface area contributed by atoms with Crippen LogP contribution in [0.2, 0.25) is 0 Å². The van der Waals surface area contributed by atoms with Gasteiger partial charge in [0.2, 0.25) is 5.91 Å². The van der Waals surface area contributed by atoms with Gasteiger partial charge in [0.25, 0.3) is 0 Å². The van der Waals surface area contributed by atoms with Gasteiger partial charge in [0, 0.05) is 6.92 Å². The molecule has 0 heterocycles. The molecule has 1 N–H and O–H groups in total. The monoisotopic (exact) mass is 241 g/mol. The molecular formula is C9H14F3NO3. The maximum Gasteiger partial charge on any atom is 0.422 e. The Balaban J connectivity index is 4.34. The van der Waals surface area contributed by atoms with Gasteiger partial charge in [0.15, 0.2) is 6.61 Å². The molecule has 0 aliphatic heterocycles. The molecule has 0 saturated carbocycles. The first kappa shape index (κ1) is 14.7. The van der Waals surface area contributed by atoms with Crippen LogP contribution < -0.4 is 5.32 Å². The number of halogens is 3. The van der Waals surface area contributed by atoms with Gasteiger partial charge in [-0.3, -0.25) is 4.79 Å². The number of esters is 1. The first-order chi connectivity index (χ1) is 7.13. The second-order valence-electron chi connectivity index (χ2n) is 3.65. The van der Waals surface area contributed by atoms with E-state index in [1.807, 2.05) is 0 Å². The molecule has 7 heteroatoms. The van der Waals surface area contributed by atoms with Crippen molar-refractivity contribution < 1.29 is 27.5 Å². The van der Waals surface area contributed by atoms with Crippen molar-refractivity contribution in [2.45, 2.75) is 33.0 Å². The highest BCUT2D eigenvalue weighted by atomic mass is 19.4. The van der Waals surface area contributed by atoms with Crippen LogP contribution >= 0.6 is 0 Å². The van der Waals surface area contributed by atoms with Gasteiger partial charge >= 0.3 is 12.1 Å². The zero-order chi connectivity index (χ0) is 12.9. The van der Waals surface area contributed by atoms with Gasteiger partial charge in [-0.1, -0.05) is 13.8 Å². The summed E-state index contributed by atoms with van der Waals surface area (Å²) in [6.45, 7) is 2.71. The van der Waals surface area contributed by atoms with E-state index < -0.39 is 30.7 Å². The van der Waals surface area contributed by atoms with Crippen LogP contribution in [0.25, 0.3) is 0 Å². The van der Waals surface area contributed by atoms with Gasteiger partial charge in [0.1, 0.15) is 6.04 Å². The van der Waals surface area contributed by atoms with E-state index >= 15 is 0 Å². The van der Waals surface area contributed by atoms with Gasteiger partial charge in [-0.2, -0.15) is 13.2 Å². The van der Waals surface area contributed by atoms with Crippen LogP contribution in [0.1, 0.15) is 20.8 Å². The molecule has 94 valence electrons. The molecule has 0 saturated heterocycles. The minimum absolute atomic E-state index is 0.343. The van der Waals surface area contributed by atoms with Gasteiger partial charge in [0.05, 0.1) is 0 Å². The molecule has 4 nitrogen and oxygen atoms in total. The second kappa shape index (κ2) is 5.72. The standard InChI is InChI=1S/C9H14F3NO3/c1-5(2)7(13-6(3)14)8(15)16-4-9(10,11)12/h5,7H,4H2,1-3H3,(H,13,14)/t7-/m0/s1. The van der Waals surface area contributed by atoms with Crippen LogP contribution in [-0.2, 0) is 14.3 Å². The summed E-state index contributed by atoms with van der Waals surface area (Å²) in [7, 11) is 0. The Hall–Kier alpha value is -1.27. The molecule has 0 aromatic carbocycles. The molecule has 1 atom stereocenters. The smallest absolute Gasteiger partial charge is 0.422 e. The fourth-order valence-corrected chi connectivity index (χ4v) is 0.959. The number of ether oxygens (including phenoxy) is 1. The number of alkyl halides is 3. The molecule has 1 amide bonds. The SMILES string of the molecule is CC(=O)N[C@H](C(=O)OCC(F)(F)F)C(C)C. The molecule has 0 radical (unpaired) electrons. The predicted octanol–water partition coefficient (Wildman–Crippen LogP) is 1.25. The first-order valence-corrected chi connectivity index (χ1v) is 4.64. The molecule has 0 aromatic heterocycles. The van der Waals surface area contributed by atoms with Crippen molar-refractivity contribution >= 4 is 11.9 Å². The van der Waals surface area contributed by atoms with Gasteiger partial charge in [-0.15, -0.1) is 0 Å². The molecule has 0 bridgehead atoms. The predicted molar refractivity (Wildman–Crippen MR) is 49.5 cm³/mol. The molecule has 0 unspecified atom stereocenters. The summed E-state index contributed by atoms with van der Waals surface area (Å²) in [5.74, 6) is -1.92. The highest BCUT2D eigenvalue weighted by Crippen LogP contribution is 2.15. The minimum Gasteiger partial charge on any atom is -0.454 e. The highest BCUT2D eigenvalue weighted by Gasteiger charge is 2.32. The summed E-state index contributed by atoms with van der Waals surface area (Å²) in [6, 6.07) is -1.06. The topological polar surface area (TPSA) is 55.4 Å². The first-order valence-electron chi connectivity index (χ1n) is 4.64. The lowest BCUT2D eigenvalue weighted by Gasteiger charge is -2.20. The fourth-order valence-electron chi connectivity index (χ4n) is 0.959. The average molecular weight is 241 g/mol. The Kier molecular flexibility index (Phi) is 5.26. The van der Waals surface area contributed by atoms with E-state index in [0.29, 0.717) is 0 Å². The minimum atomic E-state index is -4.56. The zero-order valence-corrected chi connectivity index (χ0v) is 9.22. The Labute approximate surface area is 91.1 Å². The Morgan fingerprint density at radius 2 is 1.81 bits per heavy atom. The van der Waals surface area contributed by atoms with Crippen molar-refractivity contribution in [1.82, 2.24) is 5.32 Å². The molecule has 0 aromatic rings. The molecule has 0 fully saturated rings. The summed E-state index contributed by atoms with van der Waals surface area (Å²) < 4.78 is 39.4. The van der Waals surface area contributed by atoms with Crippen LogP contribution in [0.4, 0.5) is 13.2 Å². The third-order valence-electron chi connectivity index (χ3n) is 1.66. The number of carbonyl (C=O) groups excluding carboxylic acids is 2. The van der Waals surface area contributed by atoms with E-state index in [-0.39, 0.29) is 5.92 Å². The van der Waals surface area contributed by atoms with Gasteiger partial charge in [-0.25, -0.2) is 4.79 Å². The number of hydrogen-bond acceptors (Lipinski definition) is 3. The van der Waals surface area contributed by atoms with E-state index in [4.69, 9.17) is 0 Å². The third kappa shape index (κ3) is 6.26. The summed E-state index contributed by atoms with van der Waals surface area (Å²) in [5, 5.41) is 2.23. The lowest BCUT2D eigenvalue weighted by atomic mass is 10.0. The van der Waals surface area contributed by atoms with Crippen molar-refractivity contribution in [3.05, 3.63) is 0 Å². The fraction of sp³-hybridized carbons (Fsp3) is 0.778. The summed E-state index contributed by atoms with van der Waals surface area (Å²) in [4.78, 5) is 22.0. The molecule has 0 aliphatic rings. The van der Waals surface area contributed by atoms with E-state index in [1.54, 1.807) is 13.8 Å². The van der Waals surface area contributed by atoms with Gasteiger partial charge in [-0.05, 0) is 5.92 Å². The highest BCUT2D eigenvalue weighted by molar-refractivity contribution is 5.83. The number of carbonyl (C=O) groups is 2. The van der Waals surface area contributed by atoms with E-state index in [9.17, 15) is 22.8 Å². The van der Waals surface area contributed by atoms with Crippen LogP contribution in [0.5, 0.6) is 0 Å². The van der Waals surface area contributed by atoms with E-state index in [2.05, 4.69) is 10.1 Å². The number of rotatable bonds is 4. The quantitative estimate of drug-likeness (QED) is 0.754. The van der Waals surface area contributed by atoms with Crippen LogP contribution in [0.3, 0.4) is 0 Å². The lowest BCUT2D eigenvalue weighted by Crippen LogP contribution is -2.45. The molecule has 0 aliphatic carbocycles. The van der Waals surface area contributed by atoms with Crippen LogP contribution in [-0.4, -0.2) is 30.7 Å². The van der Waals surface area contributed by atoms with E-state index in [0.717, 1.165) is 0 Å². The number of hydrogen-bond donors (Lipinski definition) is 1. The Morgan fingerprint density at radius 3 is 2.12 bits per heavy atom. The average Bonchev–Trinajstić information content (AvgIpc) is 2.08. The zero-order valence-electron chi connectivity index (χ0n) is 9.22. The number of nitrogens with one attached hydrogen (secondary N) is 1. The van der Waals surface area contributed by atoms with Crippen molar-refractivity contribution in [3.8, 4) is 0 Å². The second-order valence-corrected chi connectivity index (χ2v) is 3.65. The van der Waals surface area contributed by atoms with Crippen molar-refractivity contribution in [1.29, 1.82) is 0 Å².